The van der Waals surface area contributed by atoms with Gasteiger partial charge in [0.15, 0.2) is 0 Å². The maximum absolute atomic E-state index is 11.9. The molecule has 0 aromatic heterocycles. The Bertz CT molecular complexity index is 550. The number of nitroso groups, excluding NO2 is 1. The van der Waals surface area contributed by atoms with Crippen LogP contribution in [-0.2, 0) is 20.9 Å². The molecule has 3 rings (SSSR count). The number of benzene rings is 1. The van der Waals surface area contributed by atoms with E-state index in [1.54, 1.807) is 5.01 Å². The molecule has 2 fully saturated rings. The zero-order valence-corrected chi connectivity index (χ0v) is 12.6. The van der Waals surface area contributed by atoms with Crippen molar-refractivity contribution in [1.29, 1.82) is 0 Å². The first kappa shape index (κ1) is 15.0. The topological polar surface area (TPSA) is 68.2 Å². The molecule has 22 heavy (non-hydrogen) atoms. The Morgan fingerprint density at radius 3 is 2.86 bits per heavy atom. The minimum atomic E-state index is -0.458. The van der Waals surface area contributed by atoms with Crippen molar-refractivity contribution in [2.24, 2.45) is 11.2 Å². The van der Waals surface area contributed by atoms with Crippen LogP contribution in [0, 0.1) is 10.8 Å². The van der Waals surface area contributed by atoms with Gasteiger partial charge in [-0.25, -0.2) is 5.01 Å². The fraction of sp³-hybridized carbons (Fsp3) is 0.562. The highest BCUT2D eigenvalue weighted by atomic mass is 16.5. The molecule has 2 saturated heterocycles. The van der Waals surface area contributed by atoms with Gasteiger partial charge in [0.2, 0.25) is 0 Å². The van der Waals surface area contributed by atoms with E-state index in [1.165, 1.54) is 7.11 Å². The Labute approximate surface area is 129 Å². The minimum absolute atomic E-state index is 0.148. The van der Waals surface area contributed by atoms with Crippen LogP contribution in [0.4, 0.5) is 0 Å². The lowest BCUT2D eigenvalue weighted by molar-refractivity contribution is -0.146. The molecule has 2 aliphatic heterocycles. The quantitative estimate of drug-likeness (QED) is 0.596. The van der Waals surface area contributed by atoms with Crippen molar-refractivity contribution in [3.8, 4) is 0 Å². The van der Waals surface area contributed by atoms with Gasteiger partial charge in [-0.2, -0.15) is 0 Å². The van der Waals surface area contributed by atoms with Crippen LogP contribution in [0.25, 0.3) is 0 Å². The van der Waals surface area contributed by atoms with Crippen molar-refractivity contribution in [3.63, 3.8) is 0 Å². The second-order valence-corrected chi connectivity index (χ2v) is 6.07. The molecule has 2 aliphatic rings. The number of hydrogen-bond acceptors (Lipinski definition) is 5. The summed E-state index contributed by atoms with van der Waals surface area (Å²) in [6.45, 7) is 0.889. The summed E-state index contributed by atoms with van der Waals surface area (Å²) >= 11 is 0. The van der Waals surface area contributed by atoms with E-state index < -0.39 is 5.54 Å². The third kappa shape index (κ3) is 2.47. The molecule has 0 aliphatic carbocycles. The molecule has 0 saturated carbocycles. The van der Waals surface area contributed by atoms with Crippen molar-refractivity contribution in [2.45, 2.75) is 37.5 Å². The molecule has 0 unspecified atom stereocenters. The molecule has 1 aromatic carbocycles. The third-order valence-corrected chi connectivity index (χ3v) is 4.84. The van der Waals surface area contributed by atoms with E-state index in [4.69, 9.17) is 9.47 Å². The van der Waals surface area contributed by atoms with E-state index in [9.17, 15) is 9.70 Å². The van der Waals surface area contributed by atoms with Gasteiger partial charge >= 0.3 is 5.97 Å². The normalized spacial score (nSPS) is 29.6. The first-order valence-electron chi connectivity index (χ1n) is 7.52. The van der Waals surface area contributed by atoms with Gasteiger partial charge in [-0.3, -0.25) is 4.79 Å². The van der Waals surface area contributed by atoms with Gasteiger partial charge in [0, 0.05) is 0 Å². The van der Waals surface area contributed by atoms with Crippen molar-refractivity contribution >= 4 is 5.97 Å². The van der Waals surface area contributed by atoms with Crippen LogP contribution in [0.5, 0.6) is 0 Å². The molecule has 118 valence electrons. The van der Waals surface area contributed by atoms with Crippen LogP contribution in [0.1, 0.15) is 24.8 Å². The Kier molecular flexibility index (Phi) is 4.11. The Morgan fingerprint density at radius 2 is 2.18 bits per heavy atom. The van der Waals surface area contributed by atoms with Crippen LogP contribution in [-0.4, -0.2) is 36.3 Å². The van der Waals surface area contributed by atoms with Gasteiger partial charge in [0.25, 0.3) is 0 Å². The summed E-state index contributed by atoms with van der Waals surface area (Å²) in [5, 5.41) is 4.71. The highest BCUT2D eigenvalue weighted by Crippen LogP contribution is 2.50. The number of rotatable bonds is 6. The highest BCUT2D eigenvalue weighted by Gasteiger charge is 2.60. The summed E-state index contributed by atoms with van der Waals surface area (Å²) in [7, 11) is 1.38. The summed E-state index contributed by atoms with van der Waals surface area (Å²) < 4.78 is 10.7. The summed E-state index contributed by atoms with van der Waals surface area (Å²) in [6, 6.07) is 9.73. The first-order valence-corrected chi connectivity index (χ1v) is 7.52. The zero-order chi connectivity index (χ0) is 15.6. The molecule has 2 bridgehead atoms. The Balaban J connectivity index is 1.66. The van der Waals surface area contributed by atoms with Crippen LogP contribution >= 0.6 is 0 Å². The standard InChI is InChI=1S/C16H20N2O4/c1-21-15(19)13-9-16(8-7-14(13)18(16)17-20)11-22-10-12-5-3-2-4-6-12/h2-6,13-14H,7-11H2,1H3/t13-,14+,16-/m1/s1. The van der Waals surface area contributed by atoms with Crippen LogP contribution in [0.15, 0.2) is 35.6 Å². The monoisotopic (exact) mass is 304 g/mol. The number of carbonyl (C=O) groups is 1. The Morgan fingerprint density at radius 1 is 1.41 bits per heavy atom. The van der Waals surface area contributed by atoms with Crippen molar-refractivity contribution < 1.29 is 14.3 Å². The van der Waals surface area contributed by atoms with E-state index in [-0.39, 0.29) is 17.9 Å². The predicted molar refractivity (Wildman–Crippen MR) is 79.6 cm³/mol. The average Bonchev–Trinajstić information content (AvgIpc) is 3.07. The van der Waals surface area contributed by atoms with Crippen molar-refractivity contribution in [2.75, 3.05) is 13.7 Å². The number of methoxy groups -OCH3 is 1. The number of esters is 1. The smallest absolute Gasteiger partial charge is 0.310 e. The summed E-state index contributed by atoms with van der Waals surface area (Å²) in [4.78, 5) is 23.1. The molecule has 6 nitrogen and oxygen atoms in total. The van der Waals surface area contributed by atoms with Crippen molar-refractivity contribution in [3.05, 3.63) is 40.8 Å². The van der Waals surface area contributed by atoms with Gasteiger partial charge in [-0.15, -0.1) is 4.91 Å². The van der Waals surface area contributed by atoms with Gasteiger partial charge in [0.05, 0.1) is 43.1 Å². The largest absolute Gasteiger partial charge is 0.469 e. The summed E-state index contributed by atoms with van der Waals surface area (Å²) in [5.74, 6) is -0.542. The molecule has 0 amide bonds. The van der Waals surface area contributed by atoms with E-state index in [1.807, 2.05) is 30.3 Å². The van der Waals surface area contributed by atoms with Gasteiger partial charge < -0.3 is 9.47 Å². The van der Waals surface area contributed by atoms with E-state index in [0.717, 1.165) is 18.4 Å². The molecule has 1 aromatic rings. The van der Waals surface area contributed by atoms with E-state index in [0.29, 0.717) is 19.6 Å². The lowest BCUT2D eigenvalue weighted by Crippen LogP contribution is -2.41. The van der Waals surface area contributed by atoms with Crippen LogP contribution < -0.4 is 0 Å². The fourth-order valence-corrected chi connectivity index (χ4v) is 3.79. The second-order valence-electron chi connectivity index (χ2n) is 6.07. The van der Waals surface area contributed by atoms with Crippen LogP contribution in [0.2, 0.25) is 0 Å². The molecule has 3 atom stereocenters. The number of ether oxygens (including phenoxy) is 2. The number of hydrogen-bond donors (Lipinski definition) is 0. The number of carbonyl (C=O) groups excluding carboxylic acids is 1. The third-order valence-electron chi connectivity index (χ3n) is 4.84. The molecule has 0 spiro atoms. The van der Waals surface area contributed by atoms with Gasteiger partial charge in [0.1, 0.15) is 0 Å². The van der Waals surface area contributed by atoms with Gasteiger partial charge in [-0.05, 0) is 24.8 Å². The molecule has 0 N–H and O–H groups in total. The zero-order valence-electron chi connectivity index (χ0n) is 12.6. The summed E-state index contributed by atoms with van der Waals surface area (Å²) in [5.41, 5.74) is 0.627. The van der Waals surface area contributed by atoms with Gasteiger partial charge in [-0.1, -0.05) is 30.3 Å². The molecule has 6 heteroatoms. The van der Waals surface area contributed by atoms with E-state index >= 15 is 0 Å². The fourth-order valence-electron chi connectivity index (χ4n) is 3.79. The first-order chi connectivity index (χ1) is 10.7. The lowest BCUT2D eigenvalue weighted by atomic mass is 9.81. The minimum Gasteiger partial charge on any atom is -0.469 e. The Hall–Kier alpha value is -1.95. The maximum atomic E-state index is 11.9. The number of nitrogens with zero attached hydrogens (tertiary/aromatic N) is 2. The van der Waals surface area contributed by atoms with E-state index in [2.05, 4.69) is 5.29 Å². The number of fused-ring (bicyclic) bond motifs is 2. The second kappa shape index (κ2) is 6.04. The summed E-state index contributed by atoms with van der Waals surface area (Å²) in [6.07, 6.45) is 2.18. The van der Waals surface area contributed by atoms with Crippen molar-refractivity contribution in [1.82, 2.24) is 5.01 Å². The maximum Gasteiger partial charge on any atom is 0.310 e. The van der Waals surface area contributed by atoms with Crippen LogP contribution in [0.3, 0.4) is 0 Å². The highest BCUT2D eigenvalue weighted by molar-refractivity contribution is 5.74. The lowest BCUT2D eigenvalue weighted by Gasteiger charge is -2.30. The molecule has 0 radical (unpaired) electrons. The predicted octanol–water partition coefficient (Wildman–Crippen LogP) is 2.28. The molecular formula is C16H20N2O4. The SMILES string of the molecule is COC(=O)[C@@H]1C[C@@]2(COCc3ccccc3)CC[C@@H]1N2N=O. The molecule has 2 heterocycles. The average molecular weight is 304 g/mol. The molecular weight excluding hydrogens is 284 g/mol.